The van der Waals surface area contributed by atoms with Crippen LogP contribution in [0.25, 0.3) is 5.78 Å². The zero-order chi connectivity index (χ0) is 20.4. The van der Waals surface area contributed by atoms with Gasteiger partial charge in [-0.25, -0.2) is 13.9 Å². The van der Waals surface area contributed by atoms with E-state index in [1.54, 1.807) is 24.5 Å². The third-order valence-electron chi connectivity index (χ3n) is 5.12. The van der Waals surface area contributed by atoms with E-state index in [2.05, 4.69) is 25.3 Å². The van der Waals surface area contributed by atoms with Crippen molar-refractivity contribution in [2.45, 2.75) is 38.3 Å². The highest BCUT2D eigenvalue weighted by atomic mass is 19.1. The van der Waals surface area contributed by atoms with E-state index in [1.165, 1.54) is 16.6 Å². The van der Waals surface area contributed by atoms with Gasteiger partial charge in [0.1, 0.15) is 5.82 Å². The molecule has 0 aliphatic carbocycles. The minimum Gasteiger partial charge on any atom is -0.393 e. The summed E-state index contributed by atoms with van der Waals surface area (Å²) in [7, 11) is 0. The van der Waals surface area contributed by atoms with Gasteiger partial charge in [0.25, 0.3) is 5.78 Å². The van der Waals surface area contributed by atoms with Gasteiger partial charge < -0.3 is 15.3 Å². The molecule has 9 heteroatoms. The second-order valence-electron chi connectivity index (χ2n) is 7.28. The Labute approximate surface area is 167 Å². The Kier molecular flexibility index (Phi) is 5.39. The summed E-state index contributed by atoms with van der Waals surface area (Å²) < 4.78 is 15.5. The standard InChI is InChI=1S/C20H23FN6O2/c1-13(23-19(29)12-18-24-20-22-7-2-8-27(20)25-18)16-11-14(21)3-4-17(16)26-9-5-15(28)6-10-26/h2-4,7-8,11,13,15,28H,5-6,9-10,12H2,1H3,(H,23,29). The van der Waals surface area contributed by atoms with E-state index in [9.17, 15) is 14.3 Å². The predicted octanol–water partition coefficient (Wildman–Crippen LogP) is 1.64. The SMILES string of the molecule is CC(NC(=O)Cc1nc2ncccn2n1)c1cc(F)ccc1N1CCC(O)CC1. The zero-order valence-corrected chi connectivity index (χ0v) is 16.1. The zero-order valence-electron chi connectivity index (χ0n) is 16.1. The number of carbonyl (C=O) groups excluding carboxylic acids is 1. The number of fused-ring (bicyclic) bond motifs is 1. The van der Waals surface area contributed by atoms with Crippen LogP contribution in [0.15, 0.2) is 36.7 Å². The van der Waals surface area contributed by atoms with E-state index in [0.717, 1.165) is 5.69 Å². The molecule has 1 fully saturated rings. The van der Waals surface area contributed by atoms with Crippen LogP contribution >= 0.6 is 0 Å². The molecule has 3 aromatic rings. The molecule has 1 aliphatic heterocycles. The van der Waals surface area contributed by atoms with Crippen molar-refractivity contribution in [2.75, 3.05) is 18.0 Å². The van der Waals surface area contributed by atoms with Crippen LogP contribution in [0.2, 0.25) is 0 Å². The first-order valence-electron chi connectivity index (χ1n) is 9.67. The van der Waals surface area contributed by atoms with Crippen molar-refractivity contribution < 1.29 is 14.3 Å². The first kappa shape index (κ1) is 19.3. The summed E-state index contributed by atoms with van der Waals surface area (Å²) in [5.41, 5.74) is 1.58. The highest BCUT2D eigenvalue weighted by Gasteiger charge is 2.23. The Hall–Kier alpha value is -3.07. The highest BCUT2D eigenvalue weighted by Crippen LogP contribution is 2.29. The van der Waals surface area contributed by atoms with Crippen LogP contribution in [0, 0.1) is 5.82 Å². The lowest BCUT2D eigenvalue weighted by molar-refractivity contribution is -0.121. The van der Waals surface area contributed by atoms with Gasteiger partial charge in [-0.1, -0.05) is 0 Å². The molecule has 0 radical (unpaired) electrons. The summed E-state index contributed by atoms with van der Waals surface area (Å²) >= 11 is 0. The second-order valence-corrected chi connectivity index (χ2v) is 7.28. The molecule has 4 rings (SSSR count). The minimum absolute atomic E-state index is 0.00819. The molecule has 0 saturated carbocycles. The Morgan fingerprint density at radius 3 is 2.93 bits per heavy atom. The smallest absolute Gasteiger partial charge is 0.252 e. The van der Waals surface area contributed by atoms with E-state index < -0.39 is 6.04 Å². The molecule has 1 aliphatic rings. The molecule has 8 nitrogen and oxygen atoms in total. The molecule has 3 heterocycles. The molecule has 0 bridgehead atoms. The maximum absolute atomic E-state index is 13.9. The van der Waals surface area contributed by atoms with Crippen LogP contribution in [-0.4, -0.2) is 49.8 Å². The van der Waals surface area contributed by atoms with Gasteiger partial charge in [-0.05, 0) is 44.0 Å². The number of benzene rings is 1. The molecular weight excluding hydrogens is 375 g/mol. The number of rotatable bonds is 5. The summed E-state index contributed by atoms with van der Waals surface area (Å²) in [6, 6.07) is 5.96. The summed E-state index contributed by atoms with van der Waals surface area (Å²) in [4.78, 5) is 23.0. The number of amides is 1. The first-order chi connectivity index (χ1) is 14.0. The number of aliphatic hydroxyl groups is 1. The van der Waals surface area contributed by atoms with Gasteiger partial charge in [0.2, 0.25) is 5.91 Å². The predicted molar refractivity (Wildman–Crippen MR) is 105 cm³/mol. The van der Waals surface area contributed by atoms with Crippen molar-refractivity contribution in [2.24, 2.45) is 0 Å². The number of halogens is 1. The number of nitrogens with one attached hydrogen (secondary N) is 1. The average molecular weight is 398 g/mol. The van der Waals surface area contributed by atoms with Crippen LogP contribution in [0.4, 0.5) is 10.1 Å². The average Bonchev–Trinajstić information content (AvgIpc) is 3.10. The van der Waals surface area contributed by atoms with E-state index in [-0.39, 0.29) is 24.2 Å². The molecule has 29 heavy (non-hydrogen) atoms. The lowest BCUT2D eigenvalue weighted by Crippen LogP contribution is -2.37. The van der Waals surface area contributed by atoms with Gasteiger partial charge in [-0.15, -0.1) is 5.10 Å². The topological polar surface area (TPSA) is 95.7 Å². The third-order valence-corrected chi connectivity index (χ3v) is 5.12. The van der Waals surface area contributed by atoms with Crippen molar-refractivity contribution >= 4 is 17.4 Å². The van der Waals surface area contributed by atoms with Gasteiger partial charge in [0, 0.05) is 36.7 Å². The van der Waals surface area contributed by atoms with Crippen LogP contribution in [0.1, 0.15) is 37.2 Å². The van der Waals surface area contributed by atoms with E-state index >= 15 is 0 Å². The molecule has 152 valence electrons. The summed E-state index contributed by atoms with van der Waals surface area (Å²) in [6.07, 6.45) is 4.39. The molecule has 1 aromatic carbocycles. The fraction of sp³-hybridized carbons (Fsp3) is 0.400. The number of aromatic nitrogens is 4. The highest BCUT2D eigenvalue weighted by molar-refractivity contribution is 5.78. The normalized spacial score (nSPS) is 16.2. The van der Waals surface area contributed by atoms with E-state index in [1.807, 2.05) is 6.92 Å². The van der Waals surface area contributed by atoms with Crippen molar-refractivity contribution in [1.82, 2.24) is 24.9 Å². The monoisotopic (exact) mass is 398 g/mol. The van der Waals surface area contributed by atoms with Crippen molar-refractivity contribution in [1.29, 1.82) is 0 Å². The minimum atomic E-state index is -0.393. The maximum Gasteiger partial charge on any atom is 0.252 e. The maximum atomic E-state index is 13.9. The molecule has 1 unspecified atom stereocenters. The van der Waals surface area contributed by atoms with Gasteiger partial charge in [-0.3, -0.25) is 4.79 Å². The number of nitrogens with zero attached hydrogens (tertiary/aromatic N) is 5. The number of hydrogen-bond donors (Lipinski definition) is 2. The summed E-state index contributed by atoms with van der Waals surface area (Å²) in [5, 5.41) is 16.9. The number of anilines is 1. The lowest BCUT2D eigenvalue weighted by Gasteiger charge is -2.34. The fourth-order valence-electron chi connectivity index (χ4n) is 3.63. The van der Waals surface area contributed by atoms with Crippen molar-refractivity contribution in [3.63, 3.8) is 0 Å². The fourth-order valence-corrected chi connectivity index (χ4v) is 3.63. The molecular formula is C20H23FN6O2. The molecule has 2 N–H and O–H groups in total. The van der Waals surface area contributed by atoms with Crippen molar-refractivity contribution in [3.8, 4) is 0 Å². The summed E-state index contributed by atoms with van der Waals surface area (Å²) in [6.45, 7) is 3.21. The number of hydrogen-bond acceptors (Lipinski definition) is 6. The van der Waals surface area contributed by atoms with Crippen LogP contribution in [0.5, 0.6) is 0 Å². The van der Waals surface area contributed by atoms with Crippen molar-refractivity contribution in [3.05, 3.63) is 53.9 Å². The van der Waals surface area contributed by atoms with E-state index in [4.69, 9.17) is 0 Å². The largest absolute Gasteiger partial charge is 0.393 e. The first-order valence-corrected chi connectivity index (χ1v) is 9.67. The van der Waals surface area contributed by atoms with E-state index in [0.29, 0.717) is 43.1 Å². The van der Waals surface area contributed by atoms with Crippen LogP contribution < -0.4 is 10.2 Å². The third kappa shape index (κ3) is 4.34. The van der Waals surface area contributed by atoms with Crippen LogP contribution in [-0.2, 0) is 11.2 Å². The Bertz CT molecular complexity index is 982. The number of piperidine rings is 1. The Balaban J connectivity index is 1.47. The quantitative estimate of drug-likeness (QED) is 0.679. The van der Waals surface area contributed by atoms with Gasteiger partial charge in [0.05, 0.1) is 18.6 Å². The summed E-state index contributed by atoms with van der Waals surface area (Å²) in [5.74, 6) is 0.202. The second kappa shape index (κ2) is 8.12. The number of aliphatic hydroxyl groups excluding tert-OH is 1. The van der Waals surface area contributed by atoms with Gasteiger partial charge >= 0.3 is 0 Å². The molecule has 1 atom stereocenters. The molecule has 1 amide bonds. The Morgan fingerprint density at radius 2 is 2.17 bits per heavy atom. The molecule has 2 aromatic heterocycles. The van der Waals surface area contributed by atoms with Gasteiger partial charge in [0.15, 0.2) is 5.82 Å². The lowest BCUT2D eigenvalue weighted by atomic mass is 10.0. The molecule has 1 saturated heterocycles. The Morgan fingerprint density at radius 1 is 1.38 bits per heavy atom. The number of carbonyl (C=O) groups is 1. The van der Waals surface area contributed by atoms with Crippen LogP contribution in [0.3, 0.4) is 0 Å². The molecule has 0 spiro atoms. The van der Waals surface area contributed by atoms with Gasteiger partial charge in [-0.2, -0.15) is 4.98 Å².